The number of likely N-dealkylation sites (N-methyl/N-ethyl adjacent to an activating group) is 1. The van der Waals surface area contributed by atoms with Crippen molar-refractivity contribution in [3.05, 3.63) is 23.9 Å². The van der Waals surface area contributed by atoms with Gasteiger partial charge in [-0.2, -0.15) is 0 Å². The molecular formula is C11H14IN3O. The van der Waals surface area contributed by atoms with Crippen molar-refractivity contribution >= 4 is 32.2 Å². The number of rotatable bonds is 2. The van der Waals surface area contributed by atoms with E-state index in [1.54, 1.807) is 28.8 Å². The molecular weight excluding hydrogens is 317 g/mol. The third-order valence-corrected chi connectivity index (χ3v) is 3.42. The summed E-state index contributed by atoms with van der Waals surface area (Å²) in [5, 5.41) is 0. The normalized spacial score (nSPS) is 17.5. The van der Waals surface area contributed by atoms with Gasteiger partial charge >= 0.3 is 0 Å². The highest BCUT2D eigenvalue weighted by Gasteiger charge is 2.15. The van der Waals surface area contributed by atoms with Gasteiger partial charge in [0.2, 0.25) is 3.79 Å². The first-order chi connectivity index (χ1) is 7.66. The summed E-state index contributed by atoms with van der Waals surface area (Å²) in [6, 6.07) is 3.77. The Bertz CT molecular complexity index is 371. The van der Waals surface area contributed by atoms with Crippen LogP contribution in [-0.4, -0.2) is 46.9 Å². The molecule has 1 aromatic heterocycles. The van der Waals surface area contributed by atoms with Crippen molar-refractivity contribution in [2.24, 2.45) is 0 Å². The molecule has 0 bridgehead atoms. The first kappa shape index (κ1) is 11.8. The Morgan fingerprint density at radius 1 is 1.31 bits per heavy atom. The first-order valence-corrected chi connectivity index (χ1v) is 6.34. The van der Waals surface area contributed by atoms with Crippen LogP contribution >= 0.6 is 22.6 Å². The highest BCUT2D eigenvalue weighted by atomic mass is 127. The Morgan fingerprint density at radius 3 is 2.50 bits per heavy atom. The largest absolute Gasteiger partial charge is 0.354 e. The maximum atomic E-state index is 11.1. The highest BCUT2D eigenvalue weighted by molar-refractivity contribution is 14.1. The molecule has 1 aromatic rings. The summed E-state index contributed by atoms with van der Waals surface area (Å²) in [5.74, 6) is 0.967. The minimum atomic E-state index is 0.0371. The van der Waals surface area contributed by atoms with Gasteiger partial charge in [0.1, 0.15) is 5.82 Å². The third kappa shape index (κ3) is 2.70. The monoisotopic (exact) mass is 331 g/mol. The minimum absolute atomic E-state index is 0.0371. The number of nitrogens with zero attached hydrogens (tertiary/aromatic N) is 3. The van der Waals surface area contributed by atoms with Gasteiger partial charge in [0.15, 0.2) is 0 Å². The van der Waals surface area contributed by atoms with Gasteiger partial charge in [-0.25, -0.2) is 4.98 Å². The maximum absolute atomic E-state index is 11.1. The third-order valence-electron chi connectivity index (χ3n) is 2.80. The molecule has 2 rings (SSSR count). The highest BCUT2D eigenvalue weighted by Crippen LogP contribution is 2.14. The van der Waals surface area contributed by atoms with Crippen LogP contribution in [0.25, 0.3) is 0 Å². The average Bonchev–Trinajstić information content (AvgIpc) is 2.30. The lowest BCUT2D eigenvalue weighted by molar-refractivity contribution is 0.110. The van der Waals surface area contributed by atoms with Crippen molar-refractivity contribution in [2.75, 3.05) is 38.1 Å². The molecule has 1 fully saturated rings. The number of halogens is 1. The van der Waals surface area contributed by atoms with Crippen LogP contribution in [0.4, 0.5) is 5.82 Å². The van der Waals surface area contributed by atoms with E-state index in [1.807, 2.05) is 12.1 Å². The number of hydrogen-bond acceptors (Lipinski definition) is 4. The molecule has 0 unspecified atom stereocenters. The molecule has 1 aliphatic heterocycles. The molecule has 0 aliphatic carbocycles. The van der Waals surface area contributed by atoms with Gasteiger partial charge in [-0.3, -0.25) is 4.79 Å². The number of carbonyl (C=O) groups is 1. The average molecular weight is 331 g/mol. The smallest absolute Gasteiger partial charge is 0.223 e. The second-order valence-corrected chi connectivity index (χ2v) is 4.95. The lowest BCUT2D eigenvalue weighted by Gasteiger charge is -2.33. The van der Waals surface area contributed by atoms with Gasteiger partial charge in [0.25, 0.3) is 0 Å². The van der Waals surface area contributed by atoms with Crippen molar-refractivity contribution in [2.45, 2.75) is 0 Å². The van der Waals surface area contributed by atoms with Crippen LogP contribution in [-0.2, 0) is 0 Å². The summed E-state index contributed by atoms with van der Waals surface area (Å²) in [6.07, 6.45) is 1.66. The van der Waals surface area contributed by atoms with Gasteiger partial charge in [-0.15, -0.1) is 0 Å². The van der Waals surface area contributed by atoms with E-state index in [1.165, 1.54) is 0 Å². The number of pyridine rings is 1. The van der Waals surface area contributed by atoms with E-state index in [9.17, 15) is 4.79 Å². The van der Waals surface area contributed by atoms with Crippen molar-refractivity contribution in [1.82, 2.24) is 9.88 Å². The van der Waals surface area contributed by atoms with Gasteiger partial charge in [0.05, 0.1) is 0 Å². The Kier molecular flexibility index (Phi) is 3.75. The molecule has 0 amide bonds. The summed E-state index contributed by atoms with van der Waals surface area (Å²) in [5.41, 5.74) is 0.665. The Balaban J connectivity index is 2.07. The molecule has 0 spiro atoms. The van der Waals surface area contributed by atoms with Crippen LogP contribution in [0.3, 0.4) is 0 Å². The van der Waals surface area contributed by atoms with E-state index in [2.05, 4.69) is 21.8 Å². The van der Waals surface area contributed by atoms with E-state index in [0.717, 1.165) is 32.0 Å². The summed E-state index contributed by atoms with van der Waals surface area (Å²) >= 11 is 1.78. The predicted octanol–water partition coefficient (Wildman–Crippen LogP) is 1.41. The molecule has 5 heteroatoms. The molecule has 0 atom stereocenters. The van der Waals surface area contributed by atoms with Crippen LogP contribution in [0.15, 0.2) is 18.3 Å². The Labute approximate surface area is 109 Å². The SMILES string of the molecule is CN1CCN(c2ccc(C(=O)I)cn2)CC1. The van der Waals surface area contributed by atoms with Gasteiger partial charge in [0, 0.05) is 60.5 Å². The second-order valence-electron chi connectivity index (χ2n) is 3.97. The number of aromatic nitrogens is 1. The molecule has 1 aliphatic rings. The Morgan fingerprint density at radius 2 is 2.00 bits per heavy atom. The predicted molar refractivity (Wildman–Crippen MR) is 72.3 cm³/mol. The first-order valence-electron chi connectivity index (χ1n) is 5.26. The zero-order chi connectivity index (χ0) is 11.5. The van der Waals surface area contributed by atoms with E-state index >= 15 is 0 Å². The molecule has 1 saturated heterocycles. The van der Waals surface area contributed by atoms with Crippen LogP contribution in [0.1, 0.15) is 10.4 Å². The van der Waals surface area contributed by atoms with Crippen molar-refractivity contribution in [1.29, 1.82) is 0 Å². The van der Waals surface area contributed by atoms with Crippen LogP contribution in [0.2, 0.25) is 0 Å². The van der Waals surface area contributed by atoms with Crippen LogP contribution in [0, 0.1) is 0 Å². The topological polar surface area (TPSA) is 36.4 Å². The summed E-state index contributed by atoms with van der Waals surface area (Å²) in [7, 11) is 2.13. The summed E-state index contributed by atoms with van der Waals surface area (Å²) < 4.78 is 0.0371. The van der Waals surface area contributed by atoms with Crippen molar-refractivity contribution < 1.29 is 4.79 Å². The summed E-state index contributed by atoms with van der Waals surface area (Å²) in [6.45, 7) is 4.13. The minimum Gasteiger partial charge on any atom is -0.354 e. The lowest BCUT2D eigenvalue weighted by Crippen LogP contribution is -2.44. The van der Waals surface area contributed by atoms with E-state index < -0.39 is 0 Å². The molecule has 2 heterocycles. The standard InChI is InChI=1S/C11H14IN3O/c1-14-4-6-15(7-5-14)10-3-2-9(8-13-10)11(12)16/h2-3,8H,4-7H2,1H3. The van der Waals surface area contributed by atoms with E-state index in [-0.39, 0.29) is 3.79 Å². The number of hydrogen-bond donors (Lipinski definition) is 0. The lowest BCUT2D eigenvalue weighted by atomic mass is 10.3. The van der Waals surface area contributed by atoms with E-state index in [0.29, 0.717) is 5.56 Å². The molecule has 0 aromatic carbocycles. The van der Waals surface area contributed by atoms with E-state index in [4.69, 9.17) is 0 Å². The maximum Gasteiger partial charge on any atom is 0.223 e. The molecule has 0 radical (unpaired) electrons. The molecule has 0 N–H and O–H groups in total. The fourth-order valence-corrected chi connectivity index (χ4v) is 2.04. The second kappa shape index (κ2) is 5.09. The van der Waals surface area contributed by atoms with Crippen molar-refractivity contribution in [3.8, 4) is 0 Å². The fourth-order valence-electron chi connectivity index (χ4n) is 1.72. The number of piperazine rings is 1. The molecule has 0 saturated carbocycles. The molecule has 4 nitrogen and oxygen atoms in total. The summed E-state index contributed by atoms with van der Waals surface area (Å²) in [4.78, 5) is 20.0. The molecule has 16 heavy (non-hydrogen) atoms. The van der Waals surface area contributed by atoms with Gasteiger partial charge in [-0.1, -0.05) is 0 Å². The zero-order valence-electron chi connectivity index (χ0n) is 9.19. The van der Waals surface area contributed by atoms with Gasteiger partial charge < -0.3 is 9.80 Å². The number of carbonyl (C=O) groups excluding carboxylic acids is 1. The van der Waals surface area contributed by atoms with Crippen LogP contribution in [0.5, 0.6) is 0 Å². The quantitative estimate of drug-likeness (QED) is 0.607. The number of anilines is 1. The van der Waals surface area contributed by atoms with Crippen LogP contribution < -0.4 is 4.90 Å². The zero-order valence-corrected chi connectivity index (χ0v) is 11.3. The molecule has 86 valence electrons. The fraction of sp³-hybridized carbons (Fsp3) is 0.455. The van der Waals surface area contributed by atoms with Gasteiger partial charge in [-0.05, 0) is 19.2 Å². The Hall–Kier alpha value is -0.690. The van der Waals surface area contributed by atoms with Crippen molar-refractivity contribution in [3.63, 3.8) is 0 Å².